The Morgan fingerprint density at radius 1 is 1.16 bits per heavy atom. The summed E-state index contributed by atoms with van der Waals surface area (Å²) in [5.41, 5.74) is 4.35. The van der Waals surface area contributed by atoms with Crippen LogP contribution in [0, 0.1) is 5.92 Å². The molecule has 1 aromatic heterocycles. The highest BCUT2D eigenvalue weighted by molar-refractivity contribution is 6.03. The first-order chi connectivity index (χ1) is 9.18. The predicted octanol–water partition coefficient (Wildman–Crippen LogP) is 3.07. The molecule has 98 valence electrons. The molecule has 1 amide bonds. The first-order valence-electron chi connectivity index (χ1n) is 6.15. The molecular weight excluding hydrogens is 240 g/mol. The van der Waals surface area contributed by atoms with Gasteiger partial charge in [0, 0.05) is 0 Å². The molecule has 2 aromatic rings. The van der Waals surface area contributed by atoms with Crippen LogP contribution in [0.15, 0.2) is 58.2 Å². The van der Waals surface area contributed by atoms with Gasteiger partial charge in [-0.3, -0.25) is 4.79 Å². The van der Waals surface area contributed by atoms with Crippen LogP contribution in [-0.4, -0.2) is 11.6 Å². The number of furan rings is 1. The van der Waals surface area contributed by atoms with Crippen LogP contribution in [0.3, 0.4) is 0 Å². The SMILES string of the molecule is CC(C)/C(=N\NC(=O)c1ccco1)c1ccccc1. The van der Waals surface area contributed by atoms with Gasteiger partial charge in [-0.2, -0.15) is 5.10 Å². The Labute approximate surface area is 112 Å². The quantitative estimate of drug-likeness (QED) is 0.675. The van der Waals surface area contributed by atoms with E-state index in [0.29, 0.717) is 0 Å². The van der Waals surface area contributed by atoms with E-state index in [-0.39, 0.29) is 17.6 Å². The second kappa shape index (κ2) is 6.00. The standard InChI is InChI=1S/C15H16N2O2/c1-11(2)14(12-7-4-3-5-8-12)16-17-15(18)13-9-6-10-19-13/h3-11H,1-2H3,(H,17,18)/b16-14+. The van der Waals surface area contributed by atoms with Crippen LogP contribution in [0.5, 0.6) is 0 Å². The molecular formula is C15H16N2O2. The Morgan fingerprint density at radius 3 is 2.47 bits per heavy atom. The first kappa shape index (κ1) is 13.1. The summed E-state index contributed by atoms with van der Waals surface area (Å²) in [5.74, 6) is 0.110. The summed E-state index contributed by atoms with van der Waals surface area (Å²) in [6, 6.07) is 13.0. The largest absolute Gasteiger partial charge is 0.459 e. The second-order valence-electron chi connectivity index (χ2n) is 4.44. The Balaban J connectivity index is 2.16. The lowest BCUT2D eigenvalue weighted by Gasteiger charge is -2.10. The Hall–Kier alpha value is -2.36. The zero-order valence-corrected chi connectivity index (χ0v) is 11.0. The van der Waals surface area contributed by atoms with Gasteiger partial charge in [-0.05, 0) is 23.6 Å². The number of benzene rings is 1. The topological polar surface area (TPSA) is 54.6 Å². The maximum atomic E-state index is 11.8. The minimum absolute atomic E-state index is 0.208. The van der Waals surface area contributed by atoms with Gasteiger partial charge < -0.3 is 4.42 Å². The number of hydrogen-bond acceptors (Lipinski definition) is 3. The third-order valence-corrected chi connectivity index (χ3v) is 2.64. The van der Waals surface area contributed by atoms with Crippen molar-refractivity contribution in [1.29, 1.82) is 0 Å². The van der Waals surface area contributed by atoms with Gasteiger partial charge >= 0.3 is 5.91 Å². The lowest BCUT2D eigenvalue weighted by Crippen LogP contribution is -2.21. The highest BCUT2D eigenvalue weighted by Crippen LogP contribution is 2.09. The van der Waals surface area contributed by atoms with E-state index in [4.69, 9.17) is 4.42 Å². The Kier molecular flexibility index (Phi) is 4.13. The predicted molar refractivity (Wildman–Crippen MR) is 74.0 cm³/mol. The molecule has 0 aliphatic heterocycles. The molecule has 0 aliphatic carbocycles. The number of amides is 1. The van der Waals surface area contributed by atoms with Crippen LogP contribution in [0.4, 0.5) is 0 Å². The Morgan fingerprint density at radius 2 is 1.89 bits per heavy atom. The van der Waals surface area contributed by atoms with E-state index < -0.39 is 0 Å². The molecule has 0 atom stereocenters. The summed E-state index contributed by atoms with van der Waals surface area (Å²) in [6.07, 6.45) is 1.46. The van der Waals surface area contributed by atoms with Crippen molar-refractivity contribution in [1.82, 2.24) is 5.43 Å². The van der Waals surface area contributed by atoms with Gasteiger partial charge in [0.25, 0.3) is 0 Å². The molecule has 4 nitrogen and oxygen atoms in total. The van der Waals surface area contributed by atoms with E-state index in [1.807, 2.05) is 44.2 Å². The molecule has 1 heterocycles. The molecule has 2 rings (SSSR count). The average molecular weight is 256 g/mol. The minimum atomic E-state index is -0.348. The van der Waals surface area contributed by atoms with Gasteiger partial charge in [0.05, 0.1) is 12.0 Å². The zero-order chi connectivity index (χ0) is 13.7. The minimum Gasteiger partial charge on any atom is -0.459 e. The van der Waals surface area contributed by atoms with Crippen molar-refractivity contribution in [3.63, 3.8) is 0 Å². The van der Waals surface area contributed by atoms with Crippen molar-refractivity contribution in [2.45, 2.75) is 13.8 Å². The van der Waals surface area contributed by atoms with Crippen LogP contribution in [0.2, 0.25) is 0 Å². The van der Waals surface area contributed by atoms with Gasteiger partial charge in [-0.15, -0.1) is 0 Å². The second-order valence-corrected chi connectivity index (χ2v) is 4.44. The van der Waals surface area contributed by atoms with E-state index in [9.17, 15) is 4.79 Å². The number of carbonyl (C=O) groups is 1. The number of carbonyl (C=O) groups excluding carboxylic acids is 1. The molecule has 0 spiro atoms. The fraction of sp³-hybridized carbons (Fsp3) is 0.200. The summed E-state index contributed by atoms with van der Waals surface area (Å²) in [7, 11) is 0. The van der Waals surface area contributed by atoms with Gasteiger partial charge in [0.2, 0.25) is 0 Å². The lowest BCUT2D eigenvalue weighted by atomic mass is 10.0. The van der Waals surface area contributed by atoms with Gasteiger partial charge in [0.1, 0.15) is 0 Å². The molecule has 0 fully saturated rings. The van der Waals surface area contributed by atoms with Crippen LogP contribution in [0.25, 0.3) is 0 Å². The van der Waals surface area contributed by atoms with Gasteiger partial charge in [-0.25, -0.2) is 5.43 Å². The fourth-order valence-corrected chi connectivity index (χ4v) is 1.71. The number of nitrogens with zero attached hydrogens (tertiary/aromatic N) is 1. The van der Waals surface area contributed by atoms with Crippen LogP contribution < -0.4 is 5.43 Å². The van der Waals surface area contributed by atoms with Crippen molar-refractivity contribution >= 4 is 11.6 Å². The fourth-order valence-electron chi connectivity index (χ4n) is 1.71. The summed E-state index contributed by atoms with van der Waals surface area (Å²) in [5, 5.41) is 4.21. The first-order valence-corrected chi connectivity index (χ1v) is 6.15. The smallest absolute Gasteiger partial charge is 0.307 e. The van der Waals surface area contributed by atoms with E-state index >= 15 is 0 Å². The molecule has 0 unspecified atom stereocenters. The molecule has 0 aliphatic rings. The average Bonchev–Trinajstić information content (AvgIpc) is 2.93. The summed E-state index contributed by atoms with van der Waals surface area (Å²) >= 11 is 0. The molecule has 1 aromatic carbocycles. The molecule has 0 saturated heterocycles. The van der Waals surface area contributed by atoms with Crippen molar-refractivity contribution in [2.24, 2.45) is 11.0 Å². The molecule has 19 heavy (non-hydrogen) atoms. The molecule has 0 bridgehead atoms. The van der Waals surface area contributed by atoms with E-state index in [1.165, 1.54) is 6.26 Å². The molecule has 0 radical (unpaired) electrons. The van der Waals surface area contributed by atoms with Crippen molar-refractivity contribution in [3.8, 4) is 0 Å². The lowest BCUT2D eigenvalue weighted by molar-refractivity contribution is 0.0927. The van der Waals surface area contributed by atoms with Crippen LogP contribution in [0.1, 0.15) is 30.0 Å². The Bertz CT molecular complexity index is 557. The molecule has 4 heteroatoms. The van der Waals surface area contributed by atoms with Crippen molar-refractivity contribution in [3.05, 3.63) is 60.1 Å². The van der Waals surface area contributed by atoms with Crippen molar-refractivity contribution < 1.29 is 9.21 Å². The van der Waals surface area contributed by atoms with Crippen LogP contribution in [-0.2, 0) is 0 Å². The molecule has 0 saturated carbocycles. The normalized spacial score (nSPS) is 11.6. The van der Waals surface area contributed by atoms with Crippen molar-refractivity contribution in [2.75, 3.05) is 0 Å². The van der Waals surface area contributed by atoms with E-state index in [0.717, 1.165) is 11.3 Å². The summed E-state index contributed by atoms with van der Waals surface area (Å²) in [4.78, 5) is 11.8. The number of hydrogen-bond donors (Lipinski definition) is 1. The van der Waals surface area contributed by atoms with E-state index in [2.05, 4.69) is 10.5 Å². The third kappa shape index (κ3) is 3.31. The monoisotopic (exact) mass is 256 g/mol. The maximum Gasteiger partial charge on any atom is 0.307 e. The van der Waals surface area contributed by atoms with E-state index in [1.54, 1.807) is 12.1 Å². The highest BCUT2D eigenvalue weighted by atomic mass is 16.3. The summed E-state index contributed by atoms with van der Waals surface area (Å²) in [6.45, 7) is 4.07. The number of hydrazone groups is 1. The third-order valence-electron chi connectivity index (χ3n) is 2.64. The number of nitrogens with one attached hydrogen (secondary N) is 1. The van der Waals surface area contributed by atoms with Gasteiger partial charge in [0.15, 0.2) is 5.76 Å². The summed E-state index contributed by atoms with van der Waals surface area (Å²) < 4.78 is 5.01. The number of rotatable bonds is 4. The zero-order valence-electron chi connectivity index (χ0n) is 11.0. The van der Waals surface area contributed by atoms with Gasteiger partial charge in [-0.1, -0.05) is 44.2 Å². The van der Waals surface area contributed by atoms with Crippen LogP contribution >= 0.6 is 0 Å². The molecule has 1 N–H and O–H groups in total. The maximum absolute atomic E-state index is 11.8. The highest BCUT2D eigenvalue weighted by Gasteiger charge is 2.11.